The van der Waals surface area contributed by atoms with Crippen LogP contribution in [0, 0.1) is 5.92 Å². The first-order valence-electron chi connectivity index (χ1n) is 22.9. The van der Waals surface area contributed by atoms with Crippen LogP contribution in [-0.4, -0.2) is 5.71 Å². The third-order valence-corrected chi connectivity index (χ3v) is 14.4. The van der Waals surface area contributed by atoms with Crippen molar-refractivity contribution in [1.29, 1.82) is 0 Å². The molecule has 0 fully saturated rings. The van der Waals surface area contributed by atoms with E-state index >= 15 is 0 Å². The van der Waals surface area contributed by atoms with E-state index in [1.807, 2.05) is 0 Å². The highest BCUT2D eigenvalue weighted by molar-refractivity contribution is 6.10. The largest absolute Gasteiger partial charge is 0.456 e. The number of furan rings is 2. The Kier molecular flexibility index (Phi) is 9.25. The Morgan fingerprint density at radius 1 is 0.524 bits per heavy atom. The van der Waals surface area contributed by atoms with Gasteiger partial charge in [-0.3, -0.25) is 4.99 Å². The van der Waals surface area contributed by atoms with Crippen molar-refractivity contribution in [3.8, 4) is 11.1 Å². The predicted molar refractivity (Wildman–Crippen MR) is 263 cm³/mol. The van der Waals surface area contributed by atoms with Crippen molar-refractivity contribution < 1.29 is 8.83 Å². The third-order valence-electron chi connectivity index (χ3n) is 14.4. The summed E-state index contributed by atoms with van der Waals surface area (Å²) in [4.78, 5) is 5.86. The number of nitrogens with zero attached hydrogens (tertiary/aromatic N) is 1. The summed E-state index contributed by atoms with van der Waals surface area (Å²) >= 11 is 0. The van der Waals surface area contributed by atoms with Gasteiger partial charge in [-0.1, -0.05) is 170 Å². The normalized spacial score (nSPS) is 20.2. The number of rotatable bonds is 5. The highest BCUT2D eigenvalue weighted by Gasteiger charge is 2.31. The van der Waals surface area contributed by atoms with Crippen LogP contribution in [0.1, 0.15) is 91.3 Å². The first-order chi connectivity index (χ1) is 31.1. The zero-order chi connectivity index (χ0) is 42.0. The first kappa shape index (κ1) is 37.8. The molecule has 3 atom stereocenters. The topological polar surface area (TPSA) is 38.6 Å². The highest BCUT2D eigenvalue weighted by Crippen LogP contribution is 2.49. The minimum Gasteiger partial charge on any atom is -0.456 e. The summed E-state index contributed by atoms with van der Waals surface area (Å²) in [5.41, 5.74) is 18.2. The molecule has 2 unspecified atom stereocenters. The lowest BCUT2D eigenvalue weighted by atomic mass is 9.80. The van der Waals surface area contributed by atoms with Crippen LogP contribution in [0.15, 0.2) is 189 Å². The molecule has 10 aromatic rings. The summed E-state index contributed by atoms with van der Waals surface area (Å²) in [6, 6.07) is 62.0. The SMILES string of the molecule is CCC1CC(c2cccc3oc4c([C@@H]5CCc6c(ccc7ccccc67)-c6ccccc65)cccc4c23)/N=C(/c2ccccc2)CC/C(C)=C/1c1cccc2c1oc1ccccc12. The molecule has 0 saturated carbocycles. The fourth-order valence-corrected chi connectivity index (χ4v) is 11.4. The molecular formula is C60H49NO2. The van der Waals surface area contributed by atoms with Crippen LogP contribution in [0.5, 0.6) is 0 Å². The molecule has 3 heterocycles. The molecule has 2 aliphatic rings. The summed E-state index contributed by atoms with van der Waals surface area (Å²) in [5, 5.41) is 7.36. The van der Waals surface area contributed by atoms with E-state index in [1.54, 1.807) is 0 Å². The number of fused-ring (bicyclic) bond motifs is 11. The molecule has 0 N–H and O–H groups in total. The van der Waals surface area contributed by atoms with Gasteiger partial charge in [0.05, 0.1) is 6.04 Å². The van der Waals surface area contributed by atoms with Gasteiger partial charge < -0.3 is 8.83 Å². The molecule has 1 aliphatic heterocycles. The lowest BCUT2D eigenvalue weighted by molar-refractivity contribution is 0.518. The van der Waals surface area contributed by atoms with Crippen LogP contribution < -0.4 is 0 Å². The van der Waals surface area contributed by atoms with E-state index in [9.17, 15) is 0 Å². The van der Waals surface area contributed by atoms with E-state index in [-0.39, 0.29) is 17.9 Å². The molecule has 0 radical (unpaired) electrons. The molecule has 0 amide bonds. The highest BCUT2D eigenvalue weighted by atomic mass is 16.3. The smallest absolute Gasteiger partial charge is 0.142 e. The molecule has 0 bridgehead atoms. The van der Waals surface area contributed by atoms with E-state index in [1.165, 1.54) is 88.0 Å². The number of hydrogen-bond acceptors (Lipinski definition) is 3. The molecule has 0 spiro atoms. The molecule has 1 aliphatic carbocycles. The zero-order valence-corrected chi connectivity index (χ0v) is 35.9. The lowest BCUT2D eigenvalue weighted by Crippen LogP contribution is -2.11. The second kappa shape index (κ2) is 15.4. The van der Waals surface area contributed by atoms with E-state index < -0.39 is 0 Å². The maximum Gasteiger partial charge on any atom is 0.142 e. The van der Waals surface area contributed by atoms with Crippen LogP contribution in [0.3, 0.4) is 0 Å². The summed E-state index contributed by atoms with van der Waals surface area (Å²) in [6.07, 6.45) is 5.62. The summed E-state index contributed by atoms with van der Waals surface area (Å²) in [5.74, 6) is 0.422. The van der Waals surface area contributed by atoms with Gasteiger partial charge in [0.15, 0.2) is 0 Å². The minimum absolute atomic E-state index is 0.101. The van der Waals surface area contributed by atoms with Crippen LogP contribution >= 0.6 is 0 Å². The fraction of sp³-hybridized carbons (Fsp3) is 0.183. The van der Waals surface area contributed by atoms with Crippen molar-refractivity contribution in [2.45, 2.75) is 64.3 Å². The maximum atomic E-state index is 7.13. The molecule has 306 valence electrons. The molecular weight excluding hydrogens is 767 g/mol. The number of allylic oxidation sites excluding steroid dienone is 2. The van der Waals surface area contributed by atoms with Gasteiger partial charge in [-0.15, -0.1) is 0 Å². The van der Waals surface area contributed by atoms with Gasteiger partial charge in [0.1, 0.15) is 22.3 Å². The van der Waals surface area contributed by atoms with Gasteiger partial charge in [0.2, 0.25) is 0 Å². The third kappa shape index (κ3) is 6.28. The Bertz CT molecular complexity index is 3450. The van der Waals surface area contributed by atoms with Crippen molar-refractivity contribution >= 4 is 65.9 Å². The Morgan fingerprint density at radius 3 is 2.11 bits per heavy atom. The van der Waals surface area contributed by atoms with Gasteiger partial charge in [-0.25, -0.2) is 0 Å². The molecule has 12 rings (SSSR count). The zero-order valence-electron chi connectivity index (χ0n) is 35.9. The van der Waals surface area contributed by atoms with Crippen molar-refractivity contribution in [3.63, 3.8) is 0 Å². The number of aryl methyl sites for hydroxylation is 1. The Labute approximate surface area is 368 Å². The van der Waals surface area contributed by atoms with E-state index in [4.69, 9.17) is 13.8 Å². The van der Waals surface area contributed by atoms with E-state index in [2.05, 4.69) is 184 Å². The average Bonchev–Trinajstić information content (AvgIpc) is 3.88. The summed E-state index contributed by atoms with van der Waals surface area (Å²) < 4.78 is 13.9. The van der Waals surface area contributed by atoms with Gasteiger partial charge in [-0.05, 0) is 113 Å². The van der Waals surface area contributed by atoms with Crippen LogP contribution in [0.4, 0.5) is 0 Å². The molecule has 3 nitrogen and oxygen atoms in total. The number of para-hydroxylation sites is 3. The Morgan fingerprint density at radius 2 is 1.21 bits per heavy atom. The van der Waals surface area contributed by atoms with E-state index in [0.717, 1.165) is 66.6 Å². The van der Waals surface area contributed by atoms with Crippen molar-refractivity contribution in [2.24, 2.45) is 10.9 Å². The second-order valence-electron chi connectivity index (χ2n) is 17.8. The number of hydrogen-bond donors (Lipinski definition) is 0. The molecule has 0 saturated heterocycles. The van der Waals surface area contributed by atoms with Gasteiger partial charge in [0.25, 0.3) is 0 Å². The molecule has 3 heteroatoms. The molecule has 2 aromatic heterocycles. The Hall–Kier alpha value is -6.97. The number of aliphatic imine (C=N–C) groups is 1. The van der Waals surface area contributed by atoms with Crippen LogP contribution in [0.25, 0.3) is 71.3 Å². The fourth-order valence-electron chi connectivity index (χ4n) is 11.4. The summed E-state index contributed by atoms with van der Waals surface area (Å²) in [7, 11) is 0. The summed E-state index contributed by atoms with van der Waals surface area (Å²) in [6.45, 7) is 4.69. The molecule has 8 aromatic carbocycles. The van der Waals surface area contributed by atoms with Gasteiger partial charge in [0, 0.05) is 44.3 Å². The lowest BCUT2D eigenvalue weighted by Gasteiger charge is -2.25. The monoisotopic (exact) mass is 815 g/mol. The minimum atomic E-state index is -0.101. The quantitative estimate of drug-likeness (QED) is 0.174. The van der Waals surface area contributed by atoms with Crippen LogP contribution in [0.2, 0.25) is 0 Å². The molecule has 63 heavy (non-hydrogen) atoms. The first-order valence-corrected chi connectivity index (χ1v) is 22.9. The standard InChI is InChI=1S/C60H49NO2/c1-3-38-36-54(61-53(40-17-5-4-6-18-40)35-30-37(2)57(38)51-26-14-24-49-47-22-11-12-28-55(47)62-60(49)51)50-25-15-29-56-58(50)52-27-13-23-48(59(52)63-56)46-34-33-44-41-19-8-7-16-39(41)31-32-45(44)42-20-9-10-21-43(42)46/h4-29,31-32,38,46,54H,3,30,33-36H2,1-2H3/b57-37-,61-53+/t38?,46-,54?/m1/s1. The number of benzene rings is 8. The average molecular weight is 816 g/mol. The van der Waals surface area contributed by atoms with Crippen molar-refractivity contribution in [3.05, 3.63) is 209 Å². The maximum absolute atomic E-state index is 7.13. The van der Waals surface area contributed by atoms with Gasteiger partial charge in [-0.2, -0.15) is 0 Å². The van der Waals surface area contributed by atoms with Crippen molar-refractivity contribution in [2.75, 3.05) is 0 Å². The predicted octanol–water partition coefficient (Wildman–Crippen LogP) is 16.6. The van der Waals surface area contributed by atoms with Gasteiger partial charge >= 0.3 is 0 Å². The van der Waals surface area contributed by atoms with E-state index in [0.29, 0.717) is 0 Å². The second-order valence-corrected chi connectivity index (χ2v) is 17.8. The Balaban J connectivity index is 1.02. The van der Waals surface area contributed by atoms with Crippen LogP contribution in [-0.2, 0) is 6.42 Å². The van der Waals surface area contributed by atoms with Crippen molar-refractivity contribution in [1.82, 2.24) is 0 Å².